The lowest BCUT2D eigenvalue weighted by molar-refractivity contribution is -0.167. The minimum atomic E-state index is -0.766. The van der Waals surface area contributed by atoms with Gasteiger partial charge in [0.1, 0.15) is 13.2 Å². The molecule has 460 valence electrons. The highest BCUT2D eigenvalue weighted by atomic mass is 16.6. The molecule has 0 aromatic heterocycles. The number of esters is 3. The van der Waals surface area contributed by atoms with Crippen LogP contribution in [0.3, 0.4) is 0 Å². The monoisotopic (exact) mass is 1100 g/mol. The molecule has 0 saturated heterocycles. The van der Waals surface area contributed by atoms with Gasteiger partial charge in [0.2, 0.25) is 0 Å². The Kier molecular flexibility index (Phi) is 65.6. The number of rotatable bonds is 66. The van der Waals surface area contributed by atoms with Crippen molar-refractivity contribution in [2.75, 3.05) is 13.2 Å². The zero-order valence-corrected chi connectivity index (χ0v) is 53.0. The van der Waals surface area contributed by atoms with E-state index < -0.39 is 6.10 Å². The summed E-state index contributed by atoms with van der Waals surface area (Å²) < 4.78 is 16.9. The van der Waals surface area contributed by atoms with Crippen LogP contribution in [0.4, 0.5) is 0 Å². The van der Waals surface area contributed by atoms with Crippen molar-refractivity contribution in [3.05, 3.63) is 24.3 Å². The van der Waals surface area contributed by atoms with Crippen LogP contribution in [0.2, 0.25) is 0 Å². The normalized spacial score (nSPS) is 12.1. The first-order chi connectivity index (χ1) is 38.5. The van der Waals surface area contributed by atoms with E-state index in [2.05, 4.69) is 45.1 Å². The Morgan fingerprint density at radius 3 is 0.705 bits per heavy atom. The van der Waals surface area contributed by atoms with Crippen LogP contribution in [0.25, 0.3) is 0 Å². The molecule has 0 aliphatic rings. The van der Waals surface area contributed by atoms with Gasteiger partial charge in [-0.15, -0.1) is 0 Å². The molecule has 0 aromatic rings. The second-order valence-electron chi connectivity index (χ2n) is 24.2. The maximum atomic E-state index is 12.9. The Balaban J connectivity index is 4.09. The summed E-state index contributed by atoms with van der Waals surface area (Å²) >= 11 is 0. The van der Waals surface area contributed by atoms with E-state index in [-0.39, 0.29) is 31.1 Å². The maximum Gasteiger partial charge on any atom is 0.306 e. The predicted octanol–water partition coefficient (Wildman–Crippen LogP) is 24.2. The van der Waals surface area contributed by atoms with Crippen molar-refractivity contribution in [1.29, 1.82) is 0 Å². The lowest BCUT2D eigenvalue weighted by Gasteiger charge is -2.18. The van der Waals surface area contributed by atoms with Crippen molar-refractivity contribution >= 4 is 17.9 Å². The number of unbranched alkanes of at least 4 members (excludes halogenated alkanes) is 51. The number of hydrogen-bond donors (Lipinski definition) is 0. The molecule has 0 aliphatic heterocycles. The summed E-state index contributed by atoms with van der Waals surface area (Å²) in [5.74, 6) is -0.836. The summed E-state index contributed by atoms with van der Waals surface area (Å²) in [5.41, 5.74) is 0. The van der Waals surface area contributed by atoms with E-state index in [1.54, 1.807) is 0 Å². The first-order valence-electron chi connectivity index (χ1n) is 35.3. The fourth-order valence-electron chi connectivity index (χ4n) is 10.9. The number of carbonyl (C=O) groups excluding carboxylic acids is 3. The standard InChI is InChI=1S/C72H136O6/c1-4-7-10-13-16-19-21-23-25-27-29-31-33-35-36-37-39-40-42-44-46-48-50-53-56-59-62-65-71(74)77-68-69(67-76-70(73)64-61-58-55-52-18-15-12-9-6-3)78-72(75)66-63-60-57-54-51-49-47-45-43-41-38-34-32-30-28-26-24-22-20-17-14-11-8-5-2/h21,23,27,29,69H,4-20,22,24-26,28,30-68H2,1-3H3/b23-21-,29-27-. The minimum absolute atomic E-state index is 0.0645. The predicted molar refractivity (Wildman–Crippen MR) is 340 cm³/mol. The van der Waals surface area contributed by atoms with E-state index in [9.17, 15) is 14.4 Å². The van der Waals surface area contributed by atoms with E-state index >= 15 is 0 Å². The molecule has 0 amide bonds. The van der Waals surface area contributed by atoms with Crippen molar-refractivity contribution in [2.24, 2.45) is 0 Å². The SMILES string of the molecule is CCCCCCC/C=C\C/C=C\CCCCCCCCCCCCCCCCCC(=O)OCC(COC(=O)CCCCCCCCCCC)OC(=O)CCCCCCCCCCCCCCCCCCCCCCCCCC. The molecule has 6 nitrogen and oxygen atoms in total. The second-order valence-corrected chi connectivity index (χ2v) is 24.2. The third-order valence-electron chi connectivity index (χ3n) is 16.2. The maximum absolute atomic E-state index is 12.9. The van der Waals surface area contributed by atoms with Crippen LogP contribution in [0.1, 0.15) is 400 Å². The van der Waals surface area contributed by atoms with Gasteiger partial charge in [-0.3, -0.25) is 14.4 Å². The quantitative estimate of drug-likeness (QED) is 0.0261. The summed E-state index contributed by atoms with van der Waals surface area (Å²) in [5, 5.41) is 0. The van der Waals surface area contributed by atoms with Crippen LogP contribution in [0.15, 0.2) is 24.3 Å². The largest absolute Gasteiger partial charge is 0.462 e. The molecule has 1 unspecified atom stereocenters. The Morgan fingerprint density at radius 2 is 0.462 bits per heavy atom. The Hall–Kier alpha value is -2.11. The molecule has 0 radical (unpaired) electrons. The first-order valence-corrected chi connectivity index (χ1v) is 35.3. The zero-order chi connectivity index (χ0) is 56.4. The smallest absolute Gasteiger partial charge is 0.306 e. The zero-order valence-electron chi connectivity index (χ0n) is 53.0. The van der Waals surface area contributed by atoms with Crippen molar-refractivity contribution in [1.82, 2.24) is 0 Å². The summed E-state index contributed by atoms with van der Waals surface area (Å²) in [6, 6.07) is 0. The summed E-state index contributed by atoms with van der Waals surface area (Å²) in [6.45, 7) is 6.69. The van der Waals surface area contributed by atoms with Gasteiger partial charge in [0, 0.05) is 19.3 Å². The molecule has 0 fully saturated rings. The average Bonchev–Trinajstić information content (AvgIpc) is 3.44. The van der Waals surface area contributed by atoms with Gasteiger partial charge in [0.25, 0.3) is 0 Å². The third kappa shape index (κ3) is 64.7. The van der Waals surface area contributed by atoms with Gasteiger partial charge in [0.15, 0.2) is 6.10 Å². The third-order valence-corrected chi connectivity index (χ3v) is 16.2. The lowest BCUT2D eigenvalue weighted by atomic mass is 10.0. The van der Waals surface area contributed by atoms with Crippen molar-refractivity contribution in [2.45, 2.75) is 406 Å². The summed E-state index contributed by atoms with van der Waals surface area (Å²) in [7, 11) is 0. The number of carbonyl (C=O) groups is 3. The molecule has 0 aromatic carbocycles. The molecule has 0 bridgehead atoms. The first kappa shape index (κ1) is 75.9. The van der Waals surface area contributed by atoms with Crippen molar-refractivity contribution in [3.8, 4) is 0 Å². The molecule has 0 heterocycles. The summed E-state index contributed by atoms with van der Waals surface area (Å²) in [4.78, 5) is 38.3. The molecule has 0 saturated carbocycles. The van der Waals surface area contributed by atoms with Gasteiger partial charge < -0.3 is 14.2 Å². The molecule has 0 aliphatic carbocycles. The van der Waals surface area contributed by atoms with E-state index in [1.165, 1.54) is 295 Å². The van der Waals surface area contributed by atoms with Gasteiger partial charge in [0.05, 0.1) is 0 Å². The van der Waals surface area contributed by atoms with Gasteiger partial charge in [-0.1, -0.05) is 353 Å². The topological polar surface area (TPSA) is 78.9 Å². The van der Waals surface area contributed by atoms with Gasteiger partial charge in [-0.2, -0.15) is 0 Å². The van der Waals surface area contributed by atoms with Gasteiger partial charge >= 0.3 is 17.9 Å². The minimum Gasteiger partial charge on any atom is -0.462 e. The van der Waals surface area contributed by atoms with Gasteiger partial charge in [-0.05, 0) is 51.4 Å². The van der Waals surface area contributed by atoms with Crippen LogP contribution in [-0.4, -0.2) is 37.2 Å². The Bertz CT molecular complexity index is 1260. The van der Waals surface area contributed by atoms with Crippen LogP contribution in [0.5, 0.6) is 0 Å². The average molecular weight is 1100 g/mol. The van der Waals surface area contributed by atoms with Crippen LogP contribution in [-0.2, 0) is 28.6 Å². The molecule has 6 heteroatoms. The molecule has 78 heavy (non-hydrogen) atoms. The van der Waals surface area contributed by atoms with Crippen molar-refractivity contribution < 1.29 is 28.6 Å². The van der Waals surface area contributed by atoms with Crippen LogP contribution < -0.4 is 0 Å². The molecule has 1 atom stereocenters. The Labute approximate surface area is 487 Å². The molecule has 0 N–H and O–H groups in total. The molecule has 0 spiro atoms. The van der Waals surface area contributed by atoms with Crippen LogP contribution in [0, 0.1) is 0 Å². The highest BCUT2D eigenvalue weighted by molar-refractivity contribution is 5.71. The number of ether oxygens (including phenoxy) is 3. The van der Waals surface area contributed by atoms with E-state index in [4.69, 9.17) is 14.2 Å². The Morgan fingerprint density at radius 1 is 0.256 bits per heavy atom. The van der Waals surface area contributed by atoms with E-state index in [0.29, 0.717) is 19.3 Å². The molecular formula is C72H136O6. The fourth-order valence-corrected chi connectivity index (χ4v) is 10.9. The lowest BCUT2D eigenvalue weighted by Crippen LogP contribution is -2.30. The van der Waals surface area contributed by atoms with Gasteiger partial charge in [-0.25, -0.2) is 0 Å². The number of allylic oxidation sites excluding steroid dienone is 4. The van der Waals surface area contributed by atoms with Crippen LogP contribution >= 0.6 is 0 Å². The van der Waals surface area contributed by atoms with E-state index in [0.717, 1.165) is 64.2 Å². The fraction of sp³-hybridized carbons (Fsp3) is 0.903. The second kappa shape index (κ2) is 67.4. The highest BCUT2D eigenvalue weighted by Crippen LogP contribution is 2.19. The highest BCUT2D eigenvalue weighted by Gasteiger charge is 2.19. The van der Waals surface area contributed by atoms with E-state index in [1.807, 2.05) is 0 Å². The molecule has 0 rings (SSSR count). The number of hydrogen-bond acceptors (Lipinski definition) is 6. The molecular weight excluding hydrogens is 961 g/mol. The summed E-state index contributed by atoms with van der Waals surface area (Å²) in [6.07, 6.45) is 82.3. The van der Waals surface area contributed by atoms with Crippen molar-refractivity contribution in [3.63, 3.8) is 0 Å².